The molecule has 0 radical (unpaired) electrons. The summed E-state index contributed by atoms with van der Waals surface area (Å²) in [5, 5.41) is 10.5. The molecule has 0 aliphatic rings. The quantitative estimate of drug-likeness (QED) is 0.504. The molecule has 0 saturated heterocycles. The van der Waals surface area contributed by atoms with Crippen LogP contribution in [0.2, 0.25) is 0 Å². The molecular weight excluding hydrogens is 94.0 g/mol. The van der Waals surface area contributed by atoms with Crippen LogP contribution >= 0.6 is 0 Å². The number of nitrogens with one attached hydrogen (secondary N) is 1. The highest BCUT2D eigenvalue weighted by Gasteiger charge is 2.04. The van der Waals surface area contributed by atoms with E-state index in [0.717, 1.165) is 0 Å². The first-order valence-corrected chi connectivity index (χ1v) is 1.93. The lowest BCUT2D eigenvalue weighted by molar-refractivity contribution is -0.138. The molecule has 0 spiro atoms. The summed E-state index contributed by atoms with van der Waals surface area (Å²) in [6.07, 6.45) is 0. The van der Waals surface area contributed by atoms with Gasteiger partial charge in [0, 0.05) is 0 Å². The largest absolute Gasteiger partial charge is 0.480 e. The van der Waals surface area contributed by atoms with Crippen LogP contribution in [0.1, 0.15) is 8.29 Å². The van der Waals surface area contributed by atoms with Crippen LogP contribution in [0.4, 0.5) is 0 Å². The molecule has 0 rings (SSSR count). The van der Waals surface area contributed by atoms with Gasteiger partial charge in [-0.25, -0.2) is 0 Å². The molecule has 1 atom stereocenters. The van der Waals surface area contributed by atoms with Crippen molar-refractivity contribution in [2.75, 3.05) is 7.05 Å². The zero-order valence-electron chi connectivity index (χ0n) is 5.36. The Bertz CT molecular complexity index is 102. The van der Waals surface area contributed by atoms with E-state index in [1.165, 1.54) is 14.0 Å². The lowest BCUT2D eigenvalue weighted by atomic mass is 10.4. The zero-order chi connectivity index (χ0) is 6.78. The number of carbonyl (C=O) groups is 1. The number of carboxylic acid groups (broad SMARTS) is 1. The minimum absolute atomic E-state index is 1.17. The van der Waals surface area contributed by atoms with Crippen molar-refractivity contribution >= 4 is 5.97 Å². The van der Waals surface area contributed by atoms with Crippen molar-refractivity contribution in [3.05, 3.63) is 0 Å². The van der Waals surface area contributed by atoms with Crippen LogP contribution in [0.25, 0.3) is 0 Å². The van der Waals surface area contributed by atoms with Crippen molar-refractivity contribution in [3.8, 4) is 0 Å². The second-order valence-electron chi connectivity index (χ2n) is 1.18. The molecule has 0 saturated carbocycles. The second-order valence-corrected chi connectivity index (χ2v) is 1.18. The molecule has 2 N–H and O–H groups in total. The number of rotatable bonds is 2. The van der Waals surface area contributed by atoms with E-state index < -0.39 is 12.0 Å². The predicted octanol–water partition coefficient (Wildman–Crippen LogP) is -0.321. The maximum Gasteiger partial charge on any atom is 0.320 e. The number of aliphatic carboxylic acids is 1. The van der Waals surface area contributed by atoms with E-state index in [4.69, 9.17) is 6.48 Å². The van der Waals surface area contributed by atoms with Crippen molar-refractivity contribution in [1.82, 2.24) is 5.32 Å². The van der Waals surface area contributed by atoms with E-state index in [1.807, 2.05) is 0 Å². The Hall–Kier alpha value is -0.570. The van der Waals surface area contributed by atoms with Gasteiger partial charge in [-0.05, 0) is 14.0 Å². The Morgan fingerprint density at radius 2 is 2.57 bits per heavy atom. The molecule has 3 heteroatoms. The van der Waals surface area contributed by atoms with E-state index in [1.54, 1.807) is 0 Å². The summed E-state index contributed by atoms with van der Waals surface area (Å²) in [7, 11) is 1.43. The van der Waals surface area contributed by atoms with Crippen molar-refractivity contribution in [2.45, 2.75) is 12.9 Å². The average molecular weight is 104 g/mol. The summed E-state index contributed by atoms with van der Waals surface area (Å²) < 4.78 is 6.92. The Morgan fingerprint density at radius 3 is 2.57 bits per heavy atom. The van der Waals surface area contributed by atoms with Gasteiger partial charge in [-0.2, -0.15) is 0 Å². The SMILES string of the molecule is [2H][C@](C)(NC)C(=O)O. The fourth-order valence-corrected chi connectivity index (χ4v) is 0.107. The van der Waals surface area contributed by atoms with Crippen molar-refractivity contribution in [3.63, 3.8) is 0 Å². The smallest absolute Gasteiger partial charge is 0.320 e. The van der Waals surface area contributed by atoms with Crippen LogP contribution in [0.15, 0.2) is 0 Å². The van der Waals surface area contributed by atoms with Crippen molar-refractivity contribution < 1.29 is 11.3 Å². The summed E-state index contributed by atoms with van der Waals surface area (Å²) >= 11 is 0. The molecule has 7 heavy (non-hydrogen) atoms. The number of hydrogen-bond acceptors (Lipinski definition) is 2. The molecule has 0 heterocycles. The minimum atomic E-state index is -1.54. The normalized spacial score (nSPS) is 20.0. The van der Waals surface area contributed by atoms with E-state index in [9.17, 15) is 4.79 Å². The molecule has 42 valence electrons. The lowest BCUT2D eigenvalue weighted by Gasteiger charge is -1.99. The molecule has 0 aliphatic carbocycles. The maximum atomic E-state index is 10.0. The molecule has 0 aromatic rings. The van der Waals surface area contributed by atoms with E-state index in [0.29, 0.717) is 0 Å². The monoisotopic (exact) mass is 104 g/mol. The highest BCUT2D eigenvalue weighted by atomic mass is 16.4. The molecular formula is C4H9NO2. The second kappa shape index (κ2) is 2.58. The van der Waals surface area contributed by atoms with E-state index in [2.05, 4.69) is 5.32 Å². The number of hydrogen-bond donors (Lipinski definition) is 2. The molecule has 0 amide bonds. The first kappa shape index (κ1) is 4.59. The zero-order valence-corrected chi connectivity index (χ0v) is 4.36. The highest BCUT2D eigenvalue weighted by molar-refractivity contribution is 5.72. The summed E-state index contributed by atoms with van der Waals surface area (Å²) in [4.78, 5) is 10.0. The summed E-state index contributed by atoms with van der Waals surface area (Å²) in [6.45, 7) is 1.27. The van der Waals surface area contributed by atoms with Gasteiger partial charge in [-0.3, -0.25) is 4.79 Å². The van der Waals surface area contributed by atoms with Gasteiger partial charge >= 0.3 is 5.97 Å². The Kier molecular flexibility index (Phi) is 1.69. The standard InChI is InChI=1S/C4H9NO2/c1-3(5-2)4(6)7/h3,5H,1-2H3,(H,6,7)/t3-/m1/s1/i3D. The fraction of sp³-hybridized carbons (Fsp3) is 0.750. The molecule has 0 fully saturated rings. The Balaban J connectivity index is 3.91. The van der Waals surface area contributed by atoms with E-state index in [-0.39, 0.29) is 0 Å². The van der Waals surface area contributed by atoms with Crippen LogP contribution in [-0.2, 0) is 4.79 Å². The lowest BCUT2D eigenvalue weighted by Crippen LogP contribution is -2.29. The van der Waals surface area contributed by atoms with Gasteiger partial charge in [0.25, 0.3) is 0 Å². The molecule has 0 aromatic heterocycles. The van der Waals surface area contributed by atoms with Gasteiger partial charge in [0.1, 0.15) is 6.02 Å². The van der Waals surface area contributed by atoms with Crippen molar-refractivity contribution in [1.29, 1.82) is 0 Å². The van der Waals surface area contributed by atoms with Crippen molar-refractivity contribution in [2.24, 2.45) is 0 Å². The average Bonchev–Trinajstić information content (AvgIpc) is 1.67. The third kappa shape index (κ3) is 2.17. The van der Waals surface area contributed by atoms with Gasteiger partial charge in [0.2, 0.25) is 0 Å². The Labute approximate surface area is 43.7 Å². The van der Waals surface area contributed by atoms with E-state index >= 15 is 0 Å². The topological polar surface area (TPSA) is 49.3 Å². The molecule has 3 nitrogen and oxygen atoms in total. The van der Waals surface area contributed by atoms with Crippen LogP contribution in [0.3, 0.4) is 0 Å². The Morgan fingerprint density at radius 1 is 2.14 bits per heavy atom. The minimum Gasteiger partial charge on any atom is -0.480 e. The molecule has 0 aliphatic heterocycles. The third-order valence-electron chi connectivity index (χ3n) is 0.696. The predicted molar refractivity (Wildman–Crippen MR) is 26.2 cm³/mol. The maximum absolute atomic E-state index is 10.0. The third-order valence-corrected chi connectivity index (χ3v) is 0.696. The summed E-state index contributed by atoms with van der Waals surface area (Å²) in [6, 6.07) is -1.54. The molecule has 0 aromatic carbocycles. The van der Waals surface area contributed by atoms with Gasteiger partial charge in [0.05, 0.1) is 1.37 Å². The van der Waals surface area contributed by atoms with Crippen LogP contribution in [-0.4, -0.2) is 24.1 Å². The van der Waals surface area contributed by atoms with Gasteiger partial charge < -0.3 is 10.4 Å². The van der Waals surface area contributed by atoms with Gasteiger partial charge in [-0.1, -0.05) is 0 Å². The molecule has 0 unspecified atom stereocenters. The summed E-state index contributed by atoms with van der Waals surface area (Å²) in [5.74, 6) is -1.17. The molecule has 0 bridgehead atoms. The first-order chi connectivity index (χ1) is 3.50. The number of likely N-dealkylation sites (N-methyl/N-ethyl adjacent to an activating group) is 1. The number of carboxylic acids is 1. The summed E-state index contributed by atoms with van der Waals surface area (Å²) in [5.41, 5.74) is 0. The van der Waals surface area contributed by atoms with Crippen LogP contribution in [0.5, 0.6) is 0 Å². The first-order valence-electron chi connectivity index (χ1n) is 2.43. The fourth-order valence-electron chi connectivity index (χ4n) is 0.107. The van der Waals surface area contributed by atoms with Crippen LogP contribution in [0, 0.1) is 0 Å². The highest BCUT2D eigenvalue weighted by Crippen LogP contribution is 1.74. The van der Waals surface area contributed by atoms with Gasteiger partial charge in [0.15, 0.2) is 0 Å². The van der Waals surface area contributed by atoms with Gasteiger partial charge in [-0.15, -0.1) is 0 Å². The van der Waals surface area contributed by atoms with Crippen LogP contribution < -0.4 is 5.32 Å².